The second-order valence-electron chi connectivity index (χ2n) is 1.89. The molecule has 1 heterocycles. The summed E-state index contributed by atoms with van der Waals surface area (Å²) in [4.78, 5) is 4.99. The van der Waals surface area contributed by atoms with Crippen LogP contribution < -0.4 is 0 Å². The highest BCUT2D eigenvalue weighted by Gasteiger charge is 2.30. The quantitative estimate of drug-likeness (QED) is 0.482. The van der Waals surface area contributed by atoms with Gasteiger partial charge in [0.15, 0.2) is 6.23 Å². The maximum atomic E-state index is 4.99. The molecule has 7 heavy (non-hydrogen) atoms. The van der Waals surface area contributed by atoms with Crippen molar-refractivity contribution in [1.29, 1.82) is 0 Å². The van der Waals surface area contributed by atoms with E-state index in [-0.39, 0.29) is 0 Å². The Hall–Kier alpha value is -0.0800. The number of rotatable bonds is 2. The fraction of sp³-hybridized carbons (Fsp3) is 1.00. The van der Waals surface area contributed by atoms with Crippen LogP contribution in [0.5, 0.6) is 0 Å². The zero-order valence-corrected chi connectivity index (χ0v) is 4.85. The molecular formula is C5H11NO. The molecule has 0 spiro atoms. The predicted octanol–water partition coefficient (Wildman–Crippen LogP) is 0.990. The lowest BCUT2D eigenvalue weighted by Gasteiger charge is -1.81. The molecule has 1 aliphatic heterocycles. The van der Waals surface area contributed by atoms with E-state index in [0.29, 0.717) is 6.23 Å². The van der Waals surface area contributed by atoms with Crippen molar-refractivity contribution in [2.24, 2.45) is 0 Å². The first-order chi connectivity index (χ1) is 3.34. The smallest absolute Gasteiger partial charge is 0.154 e. The molecule has 1 saturated heterocycles. The van der Waals surface area contributed by atoms with Gasteiger partial charge < -0.3 is 0 Å². The van der Waals surface area contributed by atoms with Crippen LogP contribution in [-0.2, 0) is 4.84 Å². The van der Waals surface area contributed by atoms with Crippen LogP contribution in [0, 0.1) is 0 Å². The molecule has 0 bridgehead atoms. The minimum absolute atomic E-state index is 0.449. The first kappa shape index (κ1) is 5.06. The maximum absolute atomic E-state index is 4.99. The summed E-state index contributed by atoms with van der Waals surface area (Å²) in [5.74, 6) is 0. The lowest BCUT2D eigenvalue weighted by molar-refractivity contribution is 0.232. The van der Waals surface area contributed by atoms with Crippen LogP contribution in [0.1, 0.15) is 19.8 Å². The molecule has 1 aliphatic rings. The van der Waals surface area contributed by atoms with E-state index in [0.717, 1.165) is 0 Å². The lowest BCUT2D eigenvalue weighted by atomic mass is 10.3. The van der Waals surface area contributed by atoms with Gasteiger partial charge in [0.1, 0.15) is 0 Å². The Labute approximate surface area is 44.0 Å². The summed E-state index contributed by atoms with van der Waals surface area (Å²) in [5, 5.41) is 1.88. The molecule has 1 rings (SSSR count). The van der Waals surface area contributed by atoms with Crippen LogP contribution in [0.15, 0.2) is 0 Å². The zero-order valence-electron chi connectivity index (χ0n) is 4.85. The average Bonchev–Trinajstić information content (AvgIpc) is 2.22. The van der Waals surface area contributed by atoms with Crippen molar-refractivity contribution in [3.8, 4) is 0 Å². The average molecular weight is 101 g/mol. The van der Waals surface area contributed by atoms with E-state index in [1.165, 1.54) is 12.8 Å². The summed E-state index contributed by atoms with van der Waals surface area (Å²) in [5.41, 5.74) is 0. The molecule has 0 radical (unpaired) electrons. The largest absolute Gasteiger partial charge is 0.275 e. The van der Waals surface area contributed by atoms with E-state index < -0.39 is 0 Å². The highest BCUT2D eigenvalue weighted by molar-refractivity contribution is 4.58. The fourth-order valence-electron chi connectivity index (χ4n) is 0.646. The molecule has 42 valence electrons. The van der Waals surface area contributed by atoms with Gasteiger partial charge >= 0.3 is 0 Å². The van der Waals surface area contributed by atoms with Gasteiger partial charge in [0, 0.05) is 7.05 Å². The van der Waals surface area contributed by atoms with Gasteiger partial charge in [-0.2, -0.15) is 5.06 Å². The number of hydroxylamine groups is 2. The highest BCUT2D eigenvalue weighted by atomic mass is 16.8. The monoisotopic (exact) mass is 101 g/mol. The standard InChI is InChI=1S/C5H11NO/c1-3-4-5-6(2)7-5/h5H,3-4H2,1-2H3/t5-,6?/m1/s1. The summed E-state index contributed by atoms with van der Waals surface area (Å²) in [6.07, 6.45) is 2.84. The first-order valence-electron chi connectivity index (χ1n) is 2.74. The van der Waals surface area contributed by atoms with E-state index in [2.05, 4.69) is 6.92 Å². The van der Waals surface area contributed by atoms with E-state index >= 15 is 0 Å². The van der Waals surface area contributed by atoms with Gasteiger partial charge in [0.2, 0.25) is 0 Å². The summed E-state index contributed by atoms with van der Waals surface area (Å²) in [6.45, 7) is 2.16. The van der Waals surface area contributed by atoms with Gasteiger partial charge in [-0.1, -0.05) is 13.3 Å². The summed E-state index contributed by atoms with van der Waals surface area (Å²) >= 11 is 0. The van der Waals surface area contributed by atoms with Gasteiger partial charge in [-0.25, -0.2) is 0 Å². The minimum Gasteiger partial charge on any atom is -0.275 e. The Morgan fingerprint density at radius 2 is 2.29 bits per heavy atom. The molecule has 0 N–H and O–H groups in total. The van der Waals surface area contributed by atoms with E-state index in [4.69, 9.17) is 4.84 Å². The maximum Gasteiger partial charge on any atom is 0.154 e. The van der Waals surface area contributed by atoms with E-state index in [1.807, 2.05) is 12.1 Å². The van der Waals surface area contributed by atoms with Crippen LogP contribution in [-0.4, -0.2) is 18.3 Å². The normalized spacial score (nSPS) is 38.6. The summed E-state index contributed by atoms with van der Waals surface area (Å²) in [6, 6.07) is 0. The molecule has 1 unspecified atom stereocenters. The molecule has 0 aromatic rings. The molecular weight excluding hydrogens is 90.1 g/mol. The zero-order chi connectivity index (χ0) is 5.28. The fourth-order valence-corrected chi connectivity index (χ4v) is 0.646. The number of hydrogen-bond acceptors (Lipinski definition) is 2. The third-order valence-corrected chi connectivity index (χ3v) is 1.18. The Bertz CT molecular complexity index is 65.1. The Kier molecular flexibility index (Phi) is 1.30. The first-order valence-corrected chi connectivity index (χ1v) is 2.74. The van der Waals surface area contributed by atoms with Gasteiger partial charge in [-0.05, 0) is 6.42 Å². The molecule has 0 aromatic carbocycles. The number of nitrogens with zero attached hydrogens (tertiary/aromatic N) is 1. The van der Waals surface area contributed by atoms with Crippen molar-refractivity contribution in [2.45, 2.75) is 26.0 Å². The minimum atomic E-state index is 0.449. The predicted molar refractivity (Wildman–Crippen MR) is 27.5 cm³/mol. The molecule has 0 saturated carbocycles. The molecule has 0 aromatic heterocycles. The third kappa shape index (κ3) is 1.14. The topological polar surface area (TPSA) is 15.5 Å². The van der Waals surface area contributed by atoms with Crippen LogP contribution in [0.4, 0.5) is 0 Å². The van der Waals surface area contributed by atoms with Crippen molar-refractivity contribution in [3.63, 3.8) is 0 Å². The highest BCUT2D eigenvalue weighted by Crippen LogP contribution is 2.20. The van der Waals surface area contributed by atoms with Crippen LogP contribution in [0.2, 0.25) is 0 Å². The Morgan fingerprint density at radius 3 is 2.43 bits per heavy atom. The lowest BCUT2D eigenvalue weighted by Crippen LogP contribution is -1.91. The molecule has 1 fully saturated rings. The van der Waals surface area contributed by atoms with Crippen LogP contribution in [0.3, 0.4) is 0 Å². The molecule has 0 amide bonds. The van der Waals surface area contributed by atoms with Gasteiger partial charge in [0.25, 0.3) is 0 Å². The van der Waals surface area contributed by atoms with Crippen molar-refractivity contribution < 1.29 is 4.84 Å². The Morgan fingerprint density at radius 1 is 1.71 bits per heavy atom. The van der Waals surface area contributed by atoms with Crippen molar-refractivity contribution in [3.05, 3.63) is 0 Å². The van der Waals surface area contributed by atoms with Crippen LogP contribution in [0.25, 0.3) is 0 Å². The van der Waals surface area contributed by atoms with Crippen molar-refractivity contribution in [2.75, 3.05) is 7.05 Å². The summed E-state index contributed by atoms with van der Waals surface area (Å²) < 4.78 is 0. The SMILES string of the molecule is CCC[C@H]1ON1C. The third-order valence-electron chi connectivity index (χ3n) is 1.18. The molecule has 2 nitrogen and oxygen atoms in total. The molecule has 2 heteroatoms. The molecule has 0 aliphatic carbocycles. The van der Waals surface area contributed by atoms with Crippen LogP contribution >= 0.6 is 0 Å². The van der Waals surface area contributed by atoms with Crippen molar-refractivity contribution >= 4 is 0 Å². The van der Waals surface area contributed by atoms with Gasteiger partial charge in [0.05, 0.1) is 0 Å². The van der Waals surface area contributed by atoms with E-state index in [1.54, 1.807) is 0 Å². The number of hydrogen-bond donors (Lipinski definition) is 0. The van der Waals surface area contributed by atoms with E-state index in [9.17, 15) is 0 Å². The second kappa shape index (κ2) is 1.80. The second-order valence-corrected chi connectivity index (χ2v) is 1.89. The summed E-state index contributed by atoms with van der Waals surface area (Å²) in [7, 11) is 1.96. The molecule has 2 atom stereocenters. The van der Waals surface area contributed by atoms with Gasteiger partial charge in [-0.15, -0.1) is 0 Å². The van der Waals surface area contributed by atoms with Gasteiger partial charge in [-0.3, -0.25) is 4.84 Å². The Balaban J connectivity index is 1.98. The van der Waals surface area contributed by atoms with Crippen molar-refractivity contribution in [1.82, 2.24) is 5.06 Å².